The van der Waals surface area contributed by atoms with Crippen molar-refractivity contribution in [1.29, 1.82) is 0 Å². The molecule has 0 aliphatic carbocycles. The van der Waals surface area contributed by atoms with Crippen LogP contribution in [0.25, 0.3) is 10.8 Å². The van der Waals surface area contributed by atoms with E-state index in [9.17, 15) is 0 Å². The zero-order valence-electron chi connectivity index (χ0n) is 13.3. The molecule has 3 rings (SSSR count). The predicted molar refractivity (Wildman–Crippen MR) is 94.2 cm³/mol. The lowest BCUT2D eigenvalue weighted by atomic mass is 10.1. The van der Waals surface area contributed by atoms with Crippen molar-refractivity contribution >= 4 is 22.5 Å². The Kier molecular flexibility index (Phi) is 4.63. The van der Waals surface area contributed by atoms with Crippen LogP contribution in [0.1, 0.15) is 0 Å². The predicted octanol–water partition coefficient (Wildman–Crippen LogP) is 5.02. The van der Waals surface area contributed by atoms with Crippen LogP contribution in [0.5, 0.6) is 17.2 Å². The van der Waals surface area contributed by atoms with E-state index in [0.29, 0.717) is 5.75 Å². The quantitative estimate of drug-likeness (QED) is 0.658. The van der Waals surface area contributed by atoms with Crippen molar-refractivity contribution in [2.24, 2.45) is 0 Å². The summed E-state index contributed by atoms with van der Waals surface area (Å²) in [5.74, 6) is 2.18. The molecule has 0 radical (unpaired) electrons. The highest BCUT2D eigenvalue weighted by Gasteiger charge is 2.15. The monoisotopic (exact) mass is 326 g/mol. The lowest BCUT2D eigenvalue weighted by molar-refractivity contribution is 0.361. The van der Waals surface area contributed by atoms with Crippen molar-refractivity contribution in [1.82, 2.24) is 0 Å². The molecule has 118 valence electrons. The van der Waals surface area contributed by atoms with Crippen molar-refractivity contribution in [3.05, 3.63) is 54.6 Å². The van der Waals surface area contributed by atoms with E-state index in [-0.39, 0.29) is 0 Å². The molecular weight excluding hydrogens is 308 g/mol. The SMILES string of the molecule is COc1cc(OC)c(Sc2ccc3ccccc3c2)c(OC)c1. The summed E-state index contributed by atoms with van der Waals surface area (Å²) >= 11 is 1.62. The fraction of sp³-hybridized carbons (Fsp3) is 0.158. The van der Waals surface area contributed by atoms with Crippen molar-refractivity contribution < 1.29 is 14.2 Å². The third-order valence-corrected chi connectivity index (χ3v) is 4.71. The molecule has 0 aliphatic heterocycles. The Morgan fingerprint density at radius 3 is 1.96 bits per heavy atom. The maximum absolute atomic E-state index is 5.51. The molecule has 23 heavy (non-hydrogen) atoms. The van der Waals surface area contributed by atoms with Crippen molar-refractivity contribution in [2.45, 2.75) is 9.79 Å². The molecular formula is C19H18O3S. The summed E-state index contributed by atoms with van der Waals surface area (Å²) in [7, 11) is 4.93. The number of hydrogen-bond donors (Lipinski definition) is 0. The van der Waals surface area contributed by atoms with E-state index >= 15 is 0 Å². The van der Waals surface area contributed by atoms with Gasteiger partial charge < -0.3 is 14.2 Å². The maximum Gasteiger partial charge on any atom is 0.140 e. The Balaban J connectivity index is 2.03. The van der Waals surface area contributed by atoms with E-state index < -0.39 is 0 Å². The first-order valence-corrected chi connectivity index (χ1v) is 8.03. The molecule has 3 aromatic rings. The minimum atomic E-state index is 0.710. The highest BCUT2D eigenvalue weighted by molar-refractivity contribution is 7.99. The fourth-order valence-corrected chi connectivity index (χ4v) is 3.47. The van der Waals surface area contributed by atoms with Gasteiger partial charge in [-0.1, -0.05) is 42.1 Å². The second-order valence-electron chi connectivity index (χ2n) is 4.97. The summed E-state index contributed by atoms with van der Waals surface area (Å²) in [5.41, 5.74) is 0. The smallest absolute Gasteiger partial charge is 0.140 e. The van der Waals surface area contributed by atoms with Gasteiger partial charge in [0.05, 0.1) is 26.2 Å². The highest BCUT2D eigenvalue weighted by Crippen LogP contribution is 2.44. The Morgan fingerprint density at radius 1 is 0.696 bits per heavy atom. The van der Waals surface area contributed by atoms with Gasteiger partial charge in [0.25, 0.3) is 0 Å². The van der Waals surface area contributed by atoms with Crippen LogP contribution in [0.4, 0.5) is 0 Å². The van der Waals surface area contributed by atoms with Gasteiger partial charge in [0.2, 0.25) is 0 Å². The summed E-state index contributed by atoms with van der Waals surface area (Å²) in [4.78, 5) is 2.07. The summed E-state index contributed by atoms with van der Waals surface area (Å²) in [6.07, 6.45) is 0. The number of benzene rings is 3. The van der Waals surface area contributed by atoms with Crippen LogP contribution in [0.3, 0.4) is 0 Å². The van der Waals surface area contributed by atoms with Crippen molar-refractivity contribution in [2.75, 3.05) is 21.3 Å². The molecule has 0 atom stereocenters. The van der Waals surface area contributed by atoms with Gasteiger partial charge >= 0.3 is 0 Å². The normalized spacial score (nSPS) is 10.6. The molecule has 0 saturated heterocycles. The molecule has 0 heterocycles. The third-order valence-electron chi connectivity index (χ3n) is 3.61. The molecule has 0 aromatic heterocycles. The Hall–Kier alpha value is -2.33. The van der Waals surface area contributed by atoms with Gasteiger partial charge in [0.1, 0.15) is 17.2 Å². The molecule has 3 nitrogen and oxygen atoms in total. The van der Waals surface area contributed by atoms with Gasteiger partial charge in [-0.15, -0.1) is 0 Å². The lowest BCUT2D eigenvalue weighted by Gasteiger charge is -2.14. The van der Waals surface area contributed by atoms with E-state index in [1.54, 1.807) is 33.1 Å². The van der Waals surface area contributed by atoms with Crippen LogP contribution in [0.15, 0.2) is 64.4 Å². The van der Waals surface area contributed by atoms with E-state index in [1.165, 1.54) is 10.8 Å². The molecule has 0 amide bonds. The van der Waals surface area contributed by atoms with E-state index in [0.717, 1.165) is 21.3 Å². The average Bonchev–Trinajstić information content (AvgIpc) is 2.61. The maximum atomic E-state index is 5.51. The summed E-state index contributed by atoms with van der Waals surface area (Å²) in [6.45, 7) is 0. The van der Waals surface area contributed by atoms with Gasteiger partial charge in [-0.25, -0.2) is 0 Å². The van der Waals surface area contributed by atoms with Crippen LogP contribution in [0.2, 0.25) is 0 Å². The molecule has 4 heteroatoms. The molecule has 0 N–H and O–H groups in total. The van der Waals surface area contributed by atoms with E-state index in [4.69, 9.17) is 14.2 Å². The number of fused-ring (bicyclic) bond motifs is 1. The molecule has 0 unspecified atom stereocenters. The van der Waals surface area contributed by atoms with Crippen molar-refractivity contribution in [3.63, 3.8) is 0 Å². The summed E-state index contributed by atoms with van der Waals surface area (Å²) in [5, 5.41) is 2.44. The zero-order chi connectivity index (χ0) is 16.2. The second kappa shape index (κ2) is 6.84. The van der Waals surface area contributed by atoms with E-state index in [1.807, 2.05) is 24.3 Å². The van der Waals surface area contributed by atoms with Crippen molar-refractivity contribution in [3.8, 4) is 17.2 Å². The Bertz CT molecular complexity index is 805. The minimum Gasteiger partial charge on any atom is -0.496 e. The first-order chi connectivity index (χ1) is 11.2. The van der Waals surface area contributed by atoms with Crippen LogP contribution in [0, 0.1) is 0 Å². The van der Waals surface area contributed by atoms with Gasteiger partial charge in [-0.2, -0.15) is 0 Å². The molecule has 0 saturated carbocycles. The first-order valence-electron chi connectivity index (χ1n) is 7.22. The minimum absolute atomic E-state index is 0.710. The Morgan fingerprint density at radius 2 is 1.35 bits per heavy atom. The number of ether oxygens (including phenoxy) is 3. The van der Waals surface area contributed by atoms with Crippen LogP contribution >= 0.6 is 11.8 Å². The van der Waals surface area contributed by atoms with Crippen LogP contribution in [-0.2, 0) is 0 Å². The molecule has 0 fully saturated rings. The van der Waals surface area contributed by atoms with E-state index in [2.05, 4.69) is 30.3 Å². The van der Waals surface area contributed by atoms with Crippen LogP contribution in [-0.4, -0.2) is 21.3 Å². The highest BCUT2D eigenvalue weighted by atomic mass is 32.2. The molecule has 3 aromatic carbocycles. The van der Waals surface area contributed by atoms with Gasteiger partial charge in [-0.05, 0) is 22.9 Å². The van der Waals surface area contributed by atoms with Gasteiger partial charge in [0, 0.05) is 17.0 Å². The summed E-state index contributed by atoms with van der Waals surface area (Å²) < 4.78 is 16.3. The topological polar surface area (TPSA) is 27.7 Å². The Labute approximate surface area is 140 Å². The lowest BCUT2D eigenvalue weighted by Crippen LogP contribution is -1.94. The summed E-state index contributed by atoms with van der Waals surface area (Å²) in [6, 6.07) is 18.5. The van der Waals surface area contributed by atoms with Crippen LogP contribution < -0.4 is 14.2 Å². The van der Waals surface area contributed by atoms with Gasteiger partial charge in [-0.3, -0.25) is 0 Å². The van der Waals surface area contributed by atoms with Gasteiger partial charge in [0.15, 0.2) is 0 Å². The molecule has 0 bridgehead atoms. The largest absolute Gasteiger partial charge is 0.496 e. The second-order valence-corrected chi connectivity index (χ2v) is 6.06. The zero-order valence-corrected chi connectivity index (χ0v) is 14.1. The molecule has 0 spiro atoms. The average molecular weight is 326 g/mol. The number of rotatable bonds is 5. The number of hydrogen-bond acceptors (Lipinski definition) is 4. The fourth-order valence-electron chi connectivity index (χ4n) is 2.42. The third kappa shape index (κ3) is 3.22. The number of methoxy groups -OCH3 is 3. The molecule has 0 aliphatic rings. The standard InChI is InChI=1S/C19H18O3S/c1-20-15-11-17(21-2)19(18(12-15)22-3)23-16-9-8-13-6-4-5-7-14(13)10-16/h4-12H,1-3H3. The first kappa shape index (κ1) is 15.6.